The third-order valence-corrected chi connectivity index (χ3v) is 3.43. The van der Waals surface area contributed by atoms with Crippen LogP contribution in [0.4, 0.5) is 0 Å². The van der Waals surface area contributed by atoms with Crippen LogP contribution < -0.4 is 10.6 Å². The monoisotopic (exact) mass is 226 g/mol. The number of rotatable bonds is 6. The van der Waals surface area contributed by atoms with Gasteiger partial charge in [-0.1, -0.05) is 26.2 Å². The van der Waals surface area contributed by atoms with Crippen LogP contribution in [-0.4, -0.2) is 24.5 Å². The Morgan fingerprint density at radius 1 is 1.31 bits per heavy atom. The van der Waals surface area contributed by atoms with Crippen molar-refractivity contribution < 1.29 is 4.79 Å². The van der Waals surface area contributed by atoms with E-state index in [4.69, 9.17) is 0 Å². The molecule has 0 saturated heterocycles. The lowest BCUT2D eigenvalue weighted by Crippen LogP contribution is -2.38. The standard InChI is InChI=1S/C13H26N2O/c1-3-11(2)14-10-9-13(16)15-12-7-5-4-6-8-12/h11-12,14H,3-10H2,1-2H3,(H,15,16). The molecule has 0 aromatic rings. The maximum atomic E-state index is 11.6. The summed E-state index contributed by atoms with van der Waals surface area (Å²) in [6.07, 6.45) is 7.95. The van der Waals surface area contributed by atoms with E-state index in [0.717, 1.165) is 13.0 Å². The number of carbonyl (C=O) groups excluding carboxylic acids is 1. The summed E-state index contributed by atoms with van der Waals surface area (Å²) in [5.41, 5.74) is 0. The Bertz CT molecular complexity index is 200. The van der Waals surface area contributed by atoms with Crippen LogP contribution in [0.3, 0.4) is 0 Å². The van der Waals surface area contributed by atoms with Crippen LogP contribution in [0.5, 0.6) is 0 Å². The van der Waals surface area contributed by atoms with E-state index in [0.29, 0.717) is 18.5 Å². The molecule has 2 N–H and O–H groups in total. The third-order valence-electron chi connectivity index (χ3n) is 3.43. The Morgan fingerprint density at radius 2 is 2.00 bits per heavy atom. The van der Waals surface area contributed by atoms with Crippen LogP contribution in [-0.2, 0) is 4.79 Å². The quantitative estimate of drug-likeness (QED) is 0.729. The maximum Gasteiger partial charge on any atom is 0.221 e. The Hall–Kier alpha value is -0.570. The molecule has 0 aliphatic heterocycles. The summed E-state index contributed by atoms with van der Waals surface area (Å²) in [6.45, 7) is 5.10. The highest BCUT2D eigenvalue weighted by Crippen LogP contribution is 2.17. The summed E-state index contributed by atoms with van der Waals surface area (Å²) in [7, 11) is 0. The van der Waals surface area contributed by atoms with Gasteiger partial charge in [0.05, 0.1) is 0 Å². The normalized spacial score (nSPS) is 19.4. The second-order valence-corrected chi connectivity index (χ2v) is 4.92. The van der Waals surface area contributed by atoms with Crippen molar-refractivity contribution in [1.82, 2.24) is 10.6 Å². The molecule has 3 nitrogen and oxygen atoms in total. The van der Waals surface area contributed by atoms with Gasteiger partial charge in [-0.25, -0.2) is 0 Å². The van der Waals surface area contributed by atoms with Gasteiger partial charge in [0.2, 0.25) is 5.91 Å². The van der Waals surface area contributed by atoms with Gasteiger partial charge < -0.3 is 10.6 Å². The lowest BCUT2D eigenvalue weighted by atomic mass is 9.95. The molecular weight excluding hydrogens is 200 g/mol. The van der Waals surface area contributed by atoms with Gasteiger partial charge in [0, 0.05) is 25.0 Å². The zero-order chi connectivity index (χ0) is 11.8. The summed E-state index contributed by atoms with van der Waals surface area (Å²) in [5.74, 6) is 0.211. The van der Waals surface area contributed by atoms with E-state index >= 15 is 0 Å². The molecule has 3 heteroatoms. The number of hydrogen-bond acceptors (Lipinski definition) is 2. The topological polar surface area (TPSA) is 41.1 Å². The lowest BCUT2D eigenvalue weighted by Gasteiger charge is -2.22. The van der Waals surface area contributed by atoms with Gasteiger partial charge in [0.15, 0.2) is 0 Å². The molecule has 94 valence electrons. The van der Waals surface area contributed by atoms with Crippen LogP contribution in [0.1, 0.15) is 58.8 Å². The Labute approximate surface area is 99.4 Å². The molecule has 0 heterocycles. The molecule has 1 rings (SSSR count). The van der Waals surface area contributed by atoms with E-state index in [1.54, 1.807) is 0 Å². The molecule has 0 aromatic carbocycles. The van der Waals surface area contributed by atoms with Gasteiger partial charge in [-0.2, -0.15) is 0 Å². The van der Waals surface area contributed by atoms with Crippen molar-refractivity contribution >= 4 is 5.91 Å². The van der Waals surface area contributed by atoms with Crippen molar-refractivity contribution in [3.05, 3.63) is 0 Å². The number of nitrogens with one attached hydrogen (secondary N) is 2. The third kappa shape index (κ3) is 5.50. The molecule has 0 radical (unpaired) electrons. The van der Waals surface area contributed by atoms with E-state index < -0.39 is 0 Å². The first kappa shape index (κ1) is 13.5. The average molecular weight is 226 g/mol. The van der Waals surface area contributed by atoms with Crippen molar-refractivity contribution in [2.75, 3.05) is 6.54 Å². The predicted octanol–water partition coefficient (Wildman–Crippen LogP) is 2.21. The first-order chi connectivity index (χ1) is 7.72. The van der Waals surface area contributed by atoms with Crippen molar-refractivity contribution in [3.8, 4) is 0 Å². The van der Waals surface area contributed by atoms with Gasteiger partial charge in [0.1, 0.15) is 0 Å². The highest BCUT2D eigenvalue weighted by Gasteiger charge is 2.15. The number of amides is 1. The molecule has 1 atom stereocenters. The highest BCUT2D eigenvalue weighted by molar-refractivity contribution is 5.76. The van der Waals surface area contributed by atoms with Crippen molar-refractivity contribution in [2.45, 2.75) is 70.9 Å². The minimum absolute atomic E-state index is 0.211. The second kappa shape index (κ2) is 7.66. The van der Waals surface area contributed by atoms with Gasteiger partial charge in [0.25, 0.3) is 0 Å². The highest BCUT2D eigenvalue weighted by atomic mass is 16.1. The van der Waals surface area contributed by atoms with Crippen LogP contribution in [0, 0.1) is 0 Å². The molecule has 0 spiro atoms. The Kier molecular flexibility index (Phi) is 6.46. The average Bonchev–Trinajstić information content (AvgIpc) is 2.30. The number of carbonyl (C=O) groups is 1. The zero-order valence-corrected chi connectivity index (χ0v) is 10.7. The summed E-state index contributed by atoms with van der Waals surface area (Å²) in [4.78, 5) is 11.6. The summed E-state index contributed by atoms with van der Waals surface area (Å²) >= 11 is 0. The molecule has 1 aliphatic carbocycles. The second-order valence-electron chi connectivity index (χ2n) is 4.92. The van der Waals surface area contributed by atoms with E-state index in [1.165, 1.54) is 32.1 Å². The van der Waals surface area contributed by atoms with Crippen LogP contribution >= 0.6 is 0 Å². The van der Waals surface area contributed by atoms with Gasteiger partial charge in [-0.05, 0) is 26.2 Å². The van der Waals surface area contributed by atoms with E-state index in [-0.39, 0.29) is 5.91 Å². The maximum absolute atomic E-state index is 11.6. The SMILES string of the molecule is CCC(C)NCCC(=O)NC1CCCCC1. The molecular formula is C13H26N2O. The van der Waals surface area contributed by atoms with Gasteiger partial charge in [-0.3, -0.25) is 4.79 Å². The minimum atomic E-state index is 0.211. The smallest absolute Gasteiger partial charge is 0.221 e. The first-order valence-corrected chi connectivity index (χ1v) is 6.75. The van der Waals surface area contributed by atoms with Gasteiger partial charge >= 0.3 is 0 Å². The molecule has 0 aromatic heterocycles. The van der Waals surface area contributed by atoms with Crippen molar-refractivity contribution in [1.29, 1.82) is 0 Å². The molecule has 1 saturated carbocycles. The largest absolute Gasteiger partial charge is 0.353 e. The van der Waals surface area contributed by atoms with E-state index in [1.807, 2.05) is 0 Å². The summed E-state index contributed by atoms with van der Waals surface area (Å²) in [5, 5.41) is 6.47. The molecule has 1 unspecified atom stereocenters. The first-order valence-electron chi connectivity index (χ1n) is 6.75. The van der Waals surface area contributed by atoms with Gasteiger partial charge in [-0.15, -0.1) is 0 Å². The molecule has 16 heavy (non-hydrogen) atoms. The predicted molar refractivity (Wildman–Crippen MR) is 67.4 cm³/mol. The summed E-state index contributed by atoms with van der Waals surface area (Å²) in [6, 6.07) is 0.965. The van der Waals surface area contributed by atoms with Crippen LogP contribution in [0.15, 0.2) is 0 Å². The molecule has 0 bridgehead atoms. The fourth-order valence-electron chi connectivity index (χ4n) is 2.12. The van der Waals surface area contributed by atoms with Crippen molar-refractivity contribution in [3.63, 3.8) is 0 Å². The number of hydrogen-bond donors (Lipinski definition) is 2. The molecule has 1 amide bonds. The lowest BCUT2D eigenvalue weighted by molar-refractivity contribution is -0.121. The fourth-order valence-corrected chi connectivity index (χ4v) is 2.12. The van der Waals surface area contributed by atoms with Crippen LogP contribution in [0.25, 0.3) is 0 Å². The zero-order valence-electron chi connectivity index (χ0n) is 10.7. The van der Waals surface area contributed by atoms with E-state index in [9.17, 15) is 4.79 Å². The van der Waals surface area contributed by atoms with E-state index in [2.05, 4.69) is 24.5 Å². The van der Waals surface area contributed by atoms with Crippen LogP contribution in [0.2, 0.25) is 0 Å². The Morgan fingerprint density at radius 3 is 2.62 bits per heavy atom. The minimum Gasteiger partial charge on any atom is -0.353 e. The molecule has 1 aliphatic rings. The van der Waals surface area contributed by atoms with Crippen molar-refractivity contribution in [2.24, 2.45) is 0 Å². The Balaban J connectivity index is 2.05. The summed E-state index contributed by atoms with van der Waals surface area (Å²) < 4.78 is 0. The fraction of sp³-hybridized carbons (Fsp3) is 0.923. The molecule has 1 fully saturated rings.